The summed E-state index contributed by atoms with van der Waals surface area (Å²) in [6, 6.07) is 14.4. The summed E-state index contributed by atoms with van der Waals surface area (Å²) in [5.41, 5.74) is 1.97. The summed E-state index contributed by atoms with van der Waals surface area (Å²) in [6.07, 6.45) is 0. The topological polar surface area (TPSA) is 59.4 Å². The van der Waals surface area contributed by atoms with Gasteiger partial charge >= 0.3 is 6.03 Å². The molecule has 1 N–H and O–H groups in total. The molecule has 2 aromatic rings. The fraction of sp³-hybridized carbons (Fsp3) is 0.222. The number of piperazine rings is 1. The molecule has 1 saturated heterocycles. The van der Waals surface area contributed by atoms with E-state index in [0.717, 1.165) is 5.69 Å². The summed E-state index contributed by atoms with van der Waals surface area (Å²) >= 11 is 12.0. The van der Waals surface area contributed by atoms with Crippen LogP contribution in [0.2, 0.25) is 10.0 Å². The van der Waals surface area contributed by atoms with E-state index in [0.29, 0.717) is 47.5 Å². The Balaban J connectivity index is 1.61. The van der Waals surface area contributed by atoms with Crippen molar-refractivity contribution in [3.05, 3.63) is 58.1 Å². The highest BCUT2D eigenvalue weighted by Gasteiger charge is 2.22. The van der Waals surface area contributed by atoms with Crippen molar-refractivity contribution in [2.24, 2.45) is 0 Å². The first-order valence-electron chi connectivity index (χ1n) is 7.83. The largest absolute Gasteiger partial charge is 0.368 e. The molecule has 128 valence electrons. The molecule has 1 heterocycles. The molecule has 7 heteroatoms. The van der Waals surface area contributed by atoms with Gasteiger partial charge in [-0.3, -0.25) is 0 Å². The number of hydrogen-bond donors (Lipinski definition) is 1. The fourth-order valence-electron chi connectivity index (χ4n) is 2.73. The van der Waals surface area contributed by atoms with Crippen LogP contribution in [0.15, 0.2) is 42.5 Å². The second-order valence-corrected chi connectivity index (χ2v) is 6.47. The summed E-state index contributed by atoms with van der Waals surface area (Å²) in [6.45, 7) is 2.57. The molecule has 0 aromatic heterocycles. The first kappa shape index (κ1) is 17.4. The third-order valence-electron chi connectivity index (χ3n) is 4.12. The van der Waals surface area contributed by atoms with Crippen LogP contribution in [0.5, 0.6) is 0 Å². The predicted octanol–water partition coefficient (Wildman–Crippen LogP) is 4.22. The van der Waals surface area contributed by atoms with Gasteiger partial charge in [0.2, 0.25) is 0 Å². The van der Waals surface area contributed by atoms with E-state index in [1.165, 1.54) is 0 Å². The van der Waals surface area contributed by atoms with Crippen LogP contribution in [0.1, 0.15) is 5.56 Å². The van der Waals surface area contributed by atoms with E-state index < -0.39 is 0 Å². The second-order valence-electron chi connectivity index (χ2n) is 5.66. The summed E-state index contributed by atoms with van der Waals surface area (Å²) in [4.78, 5) is 16.3. The van der Waals surface area contributed by atoms with Crippen molar-refractivity contribution in [2.75, 3.05) is 36.4 Å². The molecule has 2 amide bonds. The number of nitrogens with one attached hydrogen (secondary N) is 1. The Morgan fingerprint density at radius 3 is 2.44 bits per heavy atom. The van der Waals surface area contributed by atoms with Gasteiger partial charge in [-0.25, -0.2) is 4.79 Å². The third kappa shape index (κ3) is 3.98. The molecule has 0 spiro atoms. The molecule has 0 bridgehead atoms. The van der Waals surface area contributed by atoms with Gasteiger partial charge in [0.25, 0.3) is 0 Å². The predicted molar refractivity (Wildman–Crippen MR) is 100 cm³/mol. The molecule has 0 saturated carbocycles. The van der Waals surface area contributed by atoms with Gasteiger partial charge in [-0.15, -0.1) is 0 Å². The van der Waals surface area contributed by atoms with E-state index in [4.69, 9.17) is 28.5 Å². The zero-order valence-electron chi connectivity index (χ0n) is 13.4. The molecule has 1 aliphatic rings. The van der Waals surface area contributed by atoms with Crippen LogP contribution >= 0.6 is 23.2 Å². The van der Waals surface area contributed by atoms with Gasteiger partial charge in [0, 0.05) is 31.9 Å². The fourth-order valence-corrected chi connectivity index (χ4v) is 3.03. The maximum Gasteiger partial charge on any atom is 0.322 e. The van der Waals surface area contributed by atoms with Crippen LogP contribution in [-0.4, -0.2) is 37.1 Å². The molecule has 25 heavy (non-hydrogen) atoms. The highest BCUT2D eigenvalue weighted by atomic mass is 35.5. The van der Waals surface area contributed by atoms with Crippen LogP contribution in [-0.2, 0) is 0 Å². The Hall–Kier alpha value is -2.42. The van der Waals surface area contributed by atoms with Gasteiger partial charge in [-0.2, -0.15) is 5.26 Å². The number of carbonyl (C=O) groups is 1. The molecule has 3 rings (SSSR count). The van der Waals surface area contributed by atoms with Crippen molar-refractivity contribution in [2.45, 2.75) is 0 Å². The number of para-hydroxylation sites is 1. The molecular formula is C18H16Cl2N4O. The minimum absolute atomic E-state index is 0.198. The molecule has 0 radical (unpaired) electrons. The van der Waals surface area contributed by atoms with E-state index in [9.17, 15) is 4.79 Å². The van der Waals surface area contributed by atoms with Gasteiger partial charge in [0.1, 0.15) is 6.07 Å². The van der Waals surface area contributed by atoms with Crippen LogP contribution in [0.25, 0.3) is 0 Å². The first-order valence-corrected chi connectivity index (χ1v) is 8.59. The molecule has 0 unspecified atom stereocenters. The number of halogens is 2. The minimum atomic E-state index is -0.198. The molecule has 0 atom stereocenters. The number of carbonyl (C=O) groups excluding carboxylic acids is 1. The Labute approximate surface area is 156 Å². The van der Waals surface area contributed by atoms with E-state index in [-0.39, 0.29) is 6.03 Å². The average molecular weight is 375 g/mol. The number of nitriles is 1. The number of benzene rings is 2. The summed E-state index contributed by atoms with van der Waals surface area (Å²) in [5, 5.41) is 13.0. The molecule has 2 aromatic carbocycles. The second kappa shape index (κ2) is 7.64. The highest BCUT2D eigenvalue weighted by Crippen LogP contribution is 2.27. The Bertz CT molecular complexity index is 826. The summed E-state index contributed by atoms with van der Waals surface area (Å²) in [5.74, 6) is 0. The minimum Gasteiger partial charge on any atom is -0.368 e. The van der Waals surface area contributed by atoms with Crippen molar-refractivity contribution in [3.8, 4) is 6.07 Å². The van der Waals surface area contributed by atoms with Crippen molar-refractivity contribution in [1.82, 2.24) is 4.90 Å². The van der Waals surface area contributed by atoms with Crippen molar-refractivity contribution < 1.29 is 4.79 Å². The lowest BCUT2D eigenvalue weighted by molar-refractivity contribution is 0.208. The Morgan fingerprint density at radius 1 is 1.04 bits per heavy atom. The first-order chi connectivity index (χ1) is 12.1. The number of amides is 2. The molecule has 1 fully saturated rings. The molecule has 5 nitrogen and oxygen atoms in total. The van der Waals surface area contributed by atoms with E-state index in [1.54, 1.807) is 35.2 Å². The van der Waals surface area contributed by atoms with Crippen molar-refractivity contribution in [3.63, 3.8) is 0 Å². The monoisotopic (exact) mass is 374 g/mol. The van der Waals surface area contributed by atoms with Crippen molar-refractivity contribution in [1.29, 1.82) is 5.26 Å². The number of nitrogens with zero attached hydrogens (tertiary/aromatic N) is 3. The highest BCUT2D eigenvalue weighted by molar-refractivity contribution is 6.42. The Morgan fingerprint density at radius 2 is 1.76 bits per heavy atom. The van der Waals surface area contributed by atoms with Crippen LogP contribution in [0.4, 0.5) is 16.2 Å². The van der Waals surface area contributed by atoms with Crippen LogP contribution < -0.4 is 10.2 Å². The lowest BCUT2D eigenvalue weighted by Gasteiger charge is -2.36. The SMILES string of the molecule is N#Cc1ccccc1NC(=O)N1CCN(c2ccc(Cl)c(Cl)c2)CC1. The number of anilines is 2. The van der Waals surface area contributed by atoms with Gasteiger partial charge in [-0.1, -0.05) is 35.3 Å². The van der Waals surface area contributed by atoms with Crippen LogP contribution in [0, 0.1) is 11.3 Å². The zero-order valence-corrected chi connectivity index (χ0v) is 14.9. The quantitative estimate of drug-likeness (QED) is 0.855. The summed E-state index contributed by atoms with van der Waals surface area (Å²) in [7, 11) is 0. The Kier molecular flexibility index (Phi) is 5.32. The smallest absolute Gasteiger partial charge is 0.322 e. The van der Waals surface area contributed by atoms with Crippen molar-refractivity contribution >= 4 is 40.6 Å². The lowest BCUT2D eigenvalue weighted by Crippen LogP contribution is -2.50. The van der Waals surface area contributed by atoms with Gasteiger partial charge < -0.3 is 15.1 Å². The van der Waals surface area contributed by atoms with Gasteiger partial charge in [0.15, 0.2) is 0 Å². The third-order valence-corrected chi connectivity index (χ3v) is 4.86. The van der Waals surface area contributed by atoms with Crippen LogP contribution in [0.3, 0.4) is 0 Å². The average Bonchev–Trinajstić information content (AvgIpc) is 2.64. The van der Waals surface area contributed by atoms with Gasteiger partial charge in [-0.05, 0) is 30.3 Å². The van der Waals surface area contributed by atoms with E-state index in [2.05, 4.69) is 16.3 Å². The van der Waals surface area contributed by atoms with E-state index >= 15 is 0 Å². The lowest BCUT2D eigenvalue weighted by atomic mass is 10.2. The maximum absolute atomic E-state index is 12.4. The number of hydrogen-bond acceptors (Lipinski definition) is 3. The normalized spacial score (nSPS) is 14.1. The summed E-state index contributed by atoms with van der Waals surface area (Å²) < 4.78 is 0. The van der Waals surface area contributed by atoms with E-state index in [1.807, 2.05) is 12.1 Å². The maximum atomic E-state index is 12.4. The zero-order chi connectivity index (χ0) is 17.8. The van der Waals surface area contributed by atoms with Gasteiger partial charge in [0.05, 0.1) is 21.3 Å². The number of urea groups is 1. The molecular weight excluding hydrogens is 359 g/mol. The molecule has 1 aliphatic heterocycles. The number of rotatable bonds is 2. The molecule has 0 aliphatic carbocycles. The standard InChI is InChI=1S/C18H16Cl2N4O/c19-15-6-5-14(11-16(15)20)23-7-9-24(10-8-23)18(25)22-17-4-2-1-3-13(17)12-21/h1-6,11H,7-10H2,(H,22,25).